The topological polar surface area (TPSA) is 38.0 Å². The summed E-state index contributed by atoms with van der Waals surface area (Å²) in [7, 11) is 0. The highest BCUT2D eigenvalue weighted by molar-refractivity contribution is 5.50. The SMILES string of the molecule is CC1(c2ccccc2N)CCCNC1. The number of rotatable bonds is 1. The first-order valence-electron chi connectivity index (χ1n) is 5.28. The van der Waals surface area contributed by atoms with E-state index in [1.165, 1.54) is 18.4 Å². The van der Waals surface area contributed by atoms with Crippen molar-refractivity contribution in [2.45, 2.75) is 25.2 Å². The fraction of sp³-hybridized carbons (Fsp3) is 0.500. The van der Waals surface area contributed by atoms with E-state index in [1.807, 2.05) is 12.1 Å². The Morgan fingerprint density at radius 1 is 1.36 bits per heavy atom. The molecule has 0 bridgehead atoms. The Morgan fingerprint density at radius 2 is 2.14 bits per heavy atom. The quantitative estimate of drug-likeness (QED) is 0.664. The van der Waals surface area contributed by atoms with Gasteiger partial charge in [-0.2, -0.15) is 0 Å². The molecule has 1 fully saturated rings. The Balaban J connectivity index is 2.32. The largest absolute Gasteiger partial charge is 0.398 e. The molecule has 0 aromatic heterocycles. The molecule has 0 aliphatic carbocycles. The Kier molecular flexibility index (Phi) is 2.46. The zero-order valence-electron chi connectivity index (χ0n) is 8.72. The number of benzene rings is 1. The van der Waals surface area contributed by atoms with Crippen LogP contribution in [0.3, 0.4) is 0 Å². The summed E-state index contributed by atoms with van der Waals surface area (Å²) in [5.74, 6) is 0. The summed E-state index contributed by atoms with van der Waals surface area (Å²) >= 11 is 0. The molecule has 1 atom stereocenters. The lowest BCUT2D eigenvalue weighted by molar-refractivity contribution is 0.340. The van der Waals surface area contributed by atoms with Crippen molar-refractivity contribution in [1.82, 2.24) is 5.32 Å². The maximum absolute atomic E-state index is 6.01. The number of nitrogens with two attached hydrogens (primary N) is 1. The predicted octanol–water partition coefficient (Wildman–Crippen LogP) is 1.91. The molecule has 0 amide bonds. The van der Waals surface area contributed by atoms with Gasteiger partial charge >= 0.3 is 0 Å². The highest BCUT2D eigenvalue weighted by atomic mass is 14.9. The van der Waals surface area contributed by atoms with Gasteiger partial charge in [0.1, 0.15) is 0 Å². The highest BCUT2D eigenvalue weighted by Gasteiger charge is 2.29. The van der Waals surface area contributed by atoms with Crippen molar-refractivity contribution in [3.05, 3.63) is 29.8 Å². The molecule has 14 heavy (non-hydrogen) atoms. The van der Waals surface area contributed by atoms with Crippen molar-refractivity contribution in [2.75, 3.05) is 18.8 Å². The molecule has 0 saturated carbocycles. The van der Waals surface area contributed by atoms with Gasteiger partial charge in [0.15, 0.2) is 0 Å². The van der Waals surface area contributed by atoms with Crippen LogP contribution in [0.5, 0.6) is 0 Å². The van der Waals surface area contributed by atoms with E-state index in [9.17, 15) is 0 Å². The van der Waals surface area contributed by atoms with E-state index in [4.69, 9.17) is 5.73 Å². The molecule has 1 aromatic carbocycles. The van der Waals surface area contributed by atoms with Gasteiger partial charge in [-0.3, -0.25) is 0 Å². The van der Waals surface area contributed by atoms with Gasteiger partial charge in [-0.15, -0.1) is 0 Å². The summed E-state index contributed by atoms with van der Waals surface area (Å²) in [6, 6.07) is 8.22. The lowest BCUT2D eigenvalue weighted by Gasteiger charge is -2.35. The molecule has 1 heterocycles. The van der Waals surface area contributed by atoms with E-state index in [-0.39, 0.29) is 5.41 Å². The smallest absolute Gasteiger partial charge is 0.0352 e. The third kappa shape index (κ3) is 1.62. The summed E-state index contributed by atoms with van der Waals surface area (Å²) in [4.78, 5) is 0. The van der Waals surface area contributed by atoms with Crippen molar-refractivity contribution >= 4 is 5.69 Å². The van der Waals surface area contributed by atoms with E-state index >= 15 is 0 Å². The molecule has 3 N–H and O–H groups in total. The van der Waals surface area contributed by atoms with Crippen LogP contribution < -0.4 is 11.1 Å². The summed E-state index contributed by atoms with van der Waals surface area (Å²) < 4.78 is 0. The average Bonchev–Trinajstić information content (AvgIpc) is 2.19. The van der Waals surface area contributed by atoms with Gasteiger partial charge in [-0.25, -0.2) is 0 Å². The number of piperidine rings is 1. The predicted molar refractivity (Wildman–Crippen MR) is 60.3 cm³/mol. The van der Waals surface area contributed by atoms with Crippen LogP contribution in [0, 0.1) is 0 Å². The van der Waals surface area contributed by atoms with E-state index in [0.717, 1.165) is 18.8 Å². The molecule has 1 unspecified atom stereocenters. The first-order chi connectivity index (χ1) is 6.72. The summed E-state index contributed by atoms with van der Waals surface area (Å²) in [6.45, 7) is 4.48. The van der Waals surface area contributed by atoms with Crippen molar-refractivity contribution < 1.29 is 0 Å². The Hall–Kier alpha value is -1.02. The van der Waals surface area contributed by atoms with Crippen molar-refractivity contribution in [2.24, 2.45) is 0 Å². The second-order valence-corrected chi connectivity index (χ2v) is 4.43. The summed E-state index contributed by atoms with van der Waals surface area (Å²) in [6.07, 6.45) is 2.47. The average molecular weight is 190 g/mol. The van der Waals surface area contributed by atoms with Gasteiger partial charge in [0, 0.05) is 17.6 Å². The lowest BCUT2D eigenvalue weighted by Crippen LogP contribution is -2.41. The number of para-hydroxylation sites is 1. The van der Waals surface area contributed by atoms with Crippen LogP contribution in [-0.4, -0.2) is 13.1 Å². The first-order valence-corrected chi connectivity index (χ1v) is 5.28. The third-order valence-corrected chi connectivity index (χ3v) is 3.21. The summed E-state index contributed by atoms with van der Waals surface area (Å²) in [5, 5.41) is 3.45. The number of nitrogens with one attached hydrogen (secondary N) is 1. The molecule has 1 aliphatic rings. The fourth-order valence-corrected chi connectivity index (χ4v) is 2.33. The van der Waals surface area contributed by atoms with E-state index in [1.54, 1.807) is 0 Å². The first kappa shape index (κ1) is 9.53. The maximum atomic E-state index is 6.01. The molecular formula is C12H18N2. The van der Waals surface area contributed by atoms with Gasteiger partial charge < -0.3 is 11.1 Å². The van der Waals surface area contributed by atoms with E-state index in [0.29, 0.717) is 0 Å². The minimum absolute atomic E-state index is 0.226. The van der Waals surface area contributed by atoms with Crippen LogP contribution in [0.2, 0.25) is 0 Å². The Labute approximate surface area is 85.5 Å². The van der Waals surface area contributed by atoms with Gasteiger partial charge in [0.2, 0.25) is 0 Å². The molecule has 2 heteroatoms. The summed E-state index contributed by atoms with van der Waals surface area (Å²) in [5.41, 5.74) is 8.46. The molecular weight excluding hydrogens is 172 g/mol. The molecule has 0 spiro atoms. The van der Waals surface area contributed by atoms with Crippen molar-refractivity contribution in [1.29, 1.82) is 0 Å². The molecule has 1 aliphatic heterocycles. The molecule has 1 aromatic rings. The van der Waals surface area contributed by atoms with Gasteiger partial charge in [-0.1, -0.05) is 25.1 Å². The van der Waals surface area contributed by atoms with Gasteiger partial charge in [0.25, 0.3) is 0 Å². The minimum Gasteiger partial charge on any atom is -0.398 e. The fourth-order valence-electron chi connectivity index (χ4n) is 2.33. The standard InChI is InChI=1S/C12H18N2/c1-12(7-4-8-14-9-12)10-5-2-3-6-11(10)13/h2-3,5-6,14H,4,7-9,13H2,1H3. The second kappa shape index (κ2) is 3.62. The third-order valence-electron chi connectivity index (χ3n) is 3.21. The van der Waals surface area contributed by atoms with E-state index in [2.05, 4.69) is 24.4 Å². The van der Waals surface area contributed by atoms with Crippen LogP contribution in [0.1, 0.15) is 25.3 Å². The molecule has 0 radical (unpaired) electrons. The molecule has 1 saturated heterocycles. The zero-order valence-corrected chi connectivity index (χ0v) is 8.72. The van der Waals surface area contributed by atoms with Crippen LogP contribution in [0.15, 0.2) is 24.3 Å². The maximum Gasteiger partial charge on any atom is 0.0352 e. The lowest BCUT2D eigenvalue weighted by atomic mass is 9.76. The van der Waals surface area contributed by atoms with Gasteiger partial charge in [-0.05, 0) is 31.0 Å². The van der Waals surface area contributed by atoms with Crippen molar-refractivity contribution in [3.63, 3.8) is 0 Å². The van der Waals surface area contributed by atoms with E-state index < -0.39 is 0 Å². The molecule has 76 valence electrons. The highest BCUT2D eigenvalue weighted by Crippen LogP contribution is 2.33. The Bertz CT molecular complexity index is 314. The minimum atomic E-state index is 0.226. The van der Waals surface area contributed by atoms with Crippen LogP contribution in [0.25, 0.3) is 0 Å². The normalized spacial score (nSPS) is 27.5. The van der Waals surface area contributed by atoms with Gasteiger partial charge in [0.05, 0.1) is 0 Å². The zero-order chi connectivity index (χ0) is 10.0. The monoisotopic (exact) mass is 190 g/mol. The number of anilines is 1. The van der Waals surface area contributed by atoms with Crippen molar-refractivity contribution in [3.8, 4) is 0 Å². The number of nitrogen functional groups attached to an aromatic ring is 1. The van der Waals surface area contributed by atoms with Crippen LogP contribution >= 0.6 is 0 Å². The number of hydrogen-bond donors (Lipinski definition) is 2. The molecule has 2 nitrogen and oxygen atoms in total. The second-order valence-electron chi connectivity index (χ2n) is 4.43. The van der Waals surface area contributed by atoms with Crippen LogP contribution in [-0.2, 0) is 5.41 Å². The van der Waals surface area contributed by atoms with Crippen LogP contribution in [0.4, 0.5) is 5.69 Å². The Morgan fingerprint density at radius 3 is 2.79 bits per heavy atom. The molecule has 2 rings (SSSR count). The number of hydrogen-bond acceptors (Lipinski definition) is 2.